The van der Waals surface area contributed by atoms with E-state index in [9.17, 15) is 4.79 Å². The van der Waals surface area contributed by atoms with Crippen molar-refractivity contribution in [3.05, 3.63) is 84.3 Å². The maximum Gasteiger partial charge on any atom is 0.259 e. The van der Waals surface area contributed by atoms with E-state index in [4.69, 9.17) is 8.94 Å². The summed E-state index contributed by atoms with van der Waals surface area (Å²) in [5.41, 5.74) is 1.93. The van der Waals surface area contributed by atoms with E-state index in [1.807, 2.05) is 61.5 Å². The SMILES string of the molecule is C[C@H](Cc1ccco1)NC(=O)c1ccccc1-c1nc(-c2ccccc2)no1. The Kier molecular flexibility index (Phi) is 5.01. The molecule has 0 bridgehead atoms. The number of carbonyl (C=O) groups is 1. The zero-order valence-corrected chi connectivity index (χ0v) is 15.3. The fourth-order valence-corrected chi connectivity index (χ4v) is 2.99. The molecule has 28 heavy (non-hydrogen) atoms. The minimum absolute atomic E-state index is 0.0886. The van der Waals surface area contributed by atoms with Crippen molar-refractivity contribution >= 4 is 5.91 Å². The van der Waals surface area contributed by atoms with E-state index in [0.29, 0.717) is 29.3 Å². The molecule has 2 heterocycles. The van der Waals surface area contributed by atoms with Crippen molar-refractivity contribution in [1.29, 1.82) is 0 Å². The molecule has 6 nitrogen and oxygen atoms in total. The third-order valence-corrected chi connectivity index (χ3v) is 4.33. The van der Waals surface area contributed by atoms with Crippen molar-refractivity contribution in [2.24, 2.45) is 0 Å². The number of furan rings is 1. The molecule has 6 heteroatoms. The minimum atomic E-state index is -0.200. The number of aromatic nitrogens is 2. The highest BCUT2D eigenvalue weighted by Gasteiger charge is 2.19. The molecule has 0 unspecified atom stereocenters. The summed E-state index contributed by atoms with van der Waals surface area (Å²) in [7, 11) is 0. The lowest BCUT2D eigenvalue weighted by atomic mass is 10.1. The number of benzene rings is 2. The molecule has 2 aromatic heterocycles. The monoisotopic (exact) mass is 373 g/mol. The van der Waals surface area contributed by atoms with Gasteiger partial charge in [0.1, 0.15) is 5.76 Å². The summed E-state index contributed by atoms with van der Waals surface area (Å²) < 4.78 is 10.8. The summed E-state index contributed by atoms with van der Waals surface area (Å²) >= 11 is 0. The van der Waals surface area contributed by atoms with Crippen LogP contribution >= 0.6 is 0 Å². The van der Waals surface area contributed by atoms with E-state index in [-0.39, 0.29) is 11.9 Å². The smallest absolute Gasteiger partial charge is 0.259 e. The molecule has 1 amide bonds. The third-order valence-electron chi connectivity index (χ3n) is 4.33. The fourth-order valence-electron chi connectivity index (χ4n) is 2.99. The molecular weight excluding hydrogens is 354 g/mol. The molecule has 1 atom stereocenters. The molecule has 140 valence electrons. The van der Waals surface area contributed by atoms with Gasteiger partial charge in [0.05, 0.1) is 17.4 Å². The van der Waals surface area contributed by atoms with Crippen LogP contribution < -0.4 is 5.32 Å². The van der Waals surface area contributed by atoms with E-state index in [0.717, 1.165) is 11.3 Å². The fraction of sp³-hybridized carbons (Fsp3) is 0.136. The van der Waals surface area contributed by atoms with Gasteiger partial charge in [-0.1, -0.05) is 47.6 Å². The van der Waals surface area contributed by atoms with Gasteiger partial charge in [0.15, 0.2) is 0 Å². The summed E-state index contributed by atoms with van der Waals surface area (Å²) in [6.45, 7) is 1.93. The molecule has 0 aliphatic carbocycles. The van der Waals surface area contributed by atoms with Crippen LogP contribution in [0, 0.1) is 0 Å². The van der Waals surface area contributed by atoms with Gasteiger partial charge in [-0.15, -0.1) is 0 Å². The first kappa shape index (κ1) is 17.7. The Balaban J connectivity index is 1.55. The highest BCUT2D eigenvalue weighted by Crippen LogP contribution is 2.25. The van der Waals surface area contributed by atoms with Crippen LogP contribution in [-0.4, -0.2) is 22.1 Å². The van der Waals surface area contributed by atoms with E-state index in [1.54, 1.807) is 18.4 Å². The summed E-state index contributed by atoms with van der Waals surface area (Å²) in [6.07, 6.45) is 2.23. The van der Waals surface area contributed by atoms with Gasteiger partial charge in [0, 0.05) is 18.0 Å². The molecule has 0 aliphatic heterocycles. The zero-order valence-electron chi connectivity index (χ0n) is 15.3. The van der Waals surface area contributed by atoms with Crippen molar-refractivity contribution in [3.8, 4) is 22.8 Å². The molecule has 0 fully saturated rings. The number of hydrogen-bond acceptors (Lipinski definition) is 5. The normalized spacial score (nSPS) is 11.9. The largest absolute Gasteiger partial charge is 0.469 e. The van der Waals surface area contributed by atoms with Crippen LogP contribution in [0.5, 0.6) is 0 Å². The first-order valence-electron chi connectivity index (χ1n) is 9.02. The van der Waals surface area contributed by atoms with E-state index in [1.165, 1.54) is 0 Å². The average molecular weight is 373 g/mol. The second-order valence-corrected chi connectivity index (χ2v) is 6.49. The molecule has 0 saturated carbocycles. The van der Waals surface area contributed by atoms with Gasteiger partial charge in [-0.3, -0.25) is 4.79 Å². The zero-order chi connectivity index (χ0) is 19.3. The van der Waals surface area contributed by atoms with Gasteiger partial charge in [-0.05, 0) is 31.2 Å². The predicted molar refractivity (Wildman–Crippen MR) is 105 cm³/mol. The lowest BCUT2D eigenvalue weighted by Gasteiger charge is -2.13. The summed E-state index contributed by atoms with van der Waals surface area (Å²) in [4.78, 5) is 17.3. The van der Waals surface area contributed by atoms with E-state index in [2.05, 4.69) is 15.5 Å². The Bertz CT molecular complexity index is 1060. The quantitative estimate of drug-likeness (QED) is 0.543. The van der Waals surface area contributed by atoms with Crippen LogP contribution in [0.4, 0.5) is 0 Å². The number of nitrogens with zero attached hydrogens (tertiary/aromatic N) is 2. The highest BCUT2D eigenvalue weighted by molar-refractivity contribution is 6.00. The van der Waals surface area contributed by atoms with Crippen LogP contribution in [0.2, 0.25) is 0 Å². The molecule has 0 spiro atoms. The van der Waals surface area contributed by atoms with Crippen molar-refractivity contribution in [2.45, 2.75) is 19.4 Å². The Morgan fingerprint density at radius 3 is 2.61 bits per heavy atom. The summed E-state index contributed by atoms with van der Waals surface area (Å²) in [6, 6.07) is 20.4. The molecule has 0 radical (unpaired) electrons. The van der Waals surface area contributed by atoms with Crippen LogP contribution in [0.3, 0.4) is 0 Å². The van der Waals surface area contributed by atoms with Crippen LogP contribution in [0.25, 0.3) is 22.8 Å². The molecule has 4 rings (SSSR count). The molecule has 1 N–H and O–H groups in total. The average Bonchev–Trinajstić information content (AvgIpc) is 3.40. The van der Waals surface area contributed by atoms with Crippen molar-refractivity contribution < 1.29 is 13.7 Å². The number of hydrogen-bond donors (Lipinski definition) is 1. The summed E-state index contributed by atoms with van der Waals surface area (Å²) in [5.74, 6) is 1.42. The van der Waals surface area contributed by atoms with Crippen molar-refractivity contribution in [2.75, 3.05) is 0 Å². The van der Waals surface area contributed by atoms with Crippen molar-refractivity contribution in [1.82, 2.24) is 15.5 Å². The molecule has 2 aromatic carbocycles. The Morgan fingerprint density at radius 1 is 1.04 bits per heavy atom. The van der Waals surface area contributed by atoms with Crippen LogP contribution in [-0.2, 0) is 6.42 Å². The first-order chi connectivity index (χ1) is 13.7. The second-order valence-electron chi connectivity index (χ2n) is 6.49. The molecule has 0 saturated heterocycles. The summed E-state index contributed by atoms with van der Waals surface area (Å²) in [5, 5.41) is 7.04. The van der Waals surface area contributed by atoms with Gasteiger partial charge in [-0.25, -0.2) is 0 Å². The number of rotatable bonds is 6. The Labute approximate surface area is 162 Å². The lowest BCUT2D eigenvalue weighted by molar-refractivity contribution is 0.0939. The Hall–Kier alpha value is -3.67. The van der Waals surface area contributed by atoms with E-state index < -0.39 is 0 Å². The molecule has 0 aliphatic rings. The van der Waals surface area contributed by atoms with Gasteiger partial charge < -0.3 is 14.3 Å². The number of carbonyl (C=O) groups excluding carboxylic acids is 1. The maximum atomic E-state index is 12.8. The number of nitrogens with one attached hydrogen (secondary N) is 1. The standard InChI is InChI=1S/C22H19N3O3/c1-15(14-17-10-7-13-27-17)23-21(26)18-11-5-6-12-19(18)22-24-20(25-28-22)16-8-3-2-4-9-16/h2-13,15H,14H2,1H3,(H,23,26)/t15-/m1/s1. The van der Waals surface area contributed by atoms with Crippen LogP contribution in [0.15, 0.2) is 81.9 Å². The maximum absolute atomic E-state index is 12.8. The first-order valence-corrected chi connectivity index (χ1v) is 9.02. The van der Waals surface area contributed by atoms with Crippen molar-refractivity contribution in [3.63, 3.8) is 0 Å². The molecule has 4 aromatic rings. The van der Waals surface area contributed by atoms with Gasteiger partial charge in [-0.2, -0.15) is 4.98 Å². The lowest BCUT2D eigenvalue weighted by Crippen LogP contribution is -2.34. The topological polar surface area (TPSA) is 81.2 Å². The van der Waals surface area contributed by atoms with Crippen LogP contribution in [0.1, 0.15) is 23.0 Å². The predicted octanol–water partition coefficient (Wildman–Crippen LogP) is 4.36. The Morgan fingerprint density at radius 2 is 1.82 bits per heavy atom. The molecular formula is C22H19N3O3. The second kappa shape index (κ2) is 7.92. The highest BCUT2D eigenvalue weighted by atomic mass is 16.5. The third kappa shape index (κ3) is 3.86. The minimum Gasteiger partial charge on any atom is -0.469 e. The van der Waals surface area contributed by atoms with Gasteiger partial charge >= 0.3 is 0 Å². The van der Waals surface area contributed by atoms with E-state index >= 15 is 0 Å². The van der Waals surface area contributed by atoms with Gasteiger partial charge in [0.25, 0.3) is 11.8 Å². The van der Waals surface area contributed by atoms with Gasteiger partial charge in [0.2, 0.25) is 5.82 Å². The number of amides is 1.